The molecule has 4 rings (SSSR count). The summed E-state index contributed by atoms with van der Waals surface area (Å²) in [6.45, 7) is 1.96. The third kappa shape index (κ3) is 1.60. The number of benzene rings is 2. The van der Waals surface area contributed by atoms with Crippen LogP contribution in [-0.4, -0.2) is 9.97 Å². The maximum absolute atomic E-state index is 5.75. The minimum Gasteiger partial charge on any atom is -0.436 e. The fourth-order valence-corrected chi connectivity index (χ4v) is 2.47. The number of hydrogen-bond donors (Lipinski definition) is 0. The van der Waals surface area contributed by atoms with Gasteiger partial charge in [-0.1, -0.05) is 42.5 Å². The van der Waals surface area contributed by atoms with Crippen molar-refractivity contribution >= 4 is 22.2 Å². The van der Waals surface area contributed by atoms with Gasteiger partial charge in [0.1, 0.15) is 11.1 Å². The summed E-state index contributed by atoms with van der Waals surface area (Å²) >= 11 is 0. The summed E-state index contributed by atoms with van der Waals surface area (Å²) in [5.41, 5.74) is 5.11. The zero-order valence-electron chi connectivity index (χ0n) is 11.0. The Bertz CT molecular complexity index is 910. The molecule has 0 amide bonds. The Balaban J connectivity index is 2.08. The van der Waals surface area contributed by atoms with Gasteiger partial charge in [-0.2, -0.15) is 0 Å². The Morgan fingerprint density at radius 3 is 2.45 bits per heavy atom. The fourth-order valence-electron chi connectivity index (χ4n) is 2.47. The molecular formula is C17H12N2O. The van der Waals surface area contributed by atoms with Crippen molar-refractivity contribution < 1.29 is 4.42 Å². The minimum absolute atomic E-state index is 0.600. The molecule has 4 aromatic rings. The van der Waals surface area contributed by atoms with Crippen molar-refractivity contribution in [2.75, 3.05) is 0 Å². The molecule has 0 atom stereocenters. The van der Waals surface area contributed by atoms with Crippen LogP contribution in [-0.2, 0) is 0 Å². The molecule has 0 radical (unpaired) electrons. The van der Waals surface area contributed by atoms with Gasteiger partial charge in [0.05, 0.1) is 11.4 Å². The summed E-state index contributed by atoms with van der Waals surface area (Å²) in [6, 6.07) is 18.0. The zero-order valence-corrected chi connectivity index (χ0v) is 11.0. The van der Waals surface area contributed by atoms with E-state index in [2.05, 4.69) is 4.98 Å². The van der Waals surface area contributed by atoms with Gasteiger partial charge < -0.3 is 4.42 Å². The molecule has 96 valence electrons. The molecule has 0 fully saturated rings. The van der Waals surface area contributed by atoms with Gasteiger partial charge in [-0.25, -0.2) is 9.97 Å². The molecule has 0 saturated carbocycles. The van der Waals surface area contributed by atoms with Gasteiger partial charge in [0.2, 0.25) is 5.71 Å². The molecule has 0 bridgehead atoms. The highest BCUT2D eigenvalue weighted by atomic mass is 16.3. The fraction of sp³-hybridized carbons (Fsp3) is 0.0588. The van der Waals surface area contributed by atoms with Crippen LogP contribution >= 0.6 is 0 Å². The number of fused-ring (bicyclic) bond motifs is 3. The SMILES string of the molecule is Cc1nc2oc3ccccc3c2nc1-c1ccccc1. The second-order valence-corrected chi connectivity index (χ2v) is 4.78. The van der Waals surface area contributed by atoms with E-state index in [0.29, 0.717) is 5.71 Å². The van der Waals surface area contributed by atoms with Gasteiger partial charge in [-0.3, -0.25) is 0 Å². The normalized spacial score (nSPS) is 11.2. The molecule has 3 heteroatoms. The van der Waals surface area contributed by atoms with E-state index in [-0.39, 0.29) is 0 Å². The zero-order chi connectivity index (χ0) is 13.5. The van der Waals surface area contributed by atoms with Crippen LogP contribution in [0, 0.1) is 6.92 Å². The second-order valence-electron chi connectivity index (χ2n) is 4.78. The van der Waals surface area contributed by atoms with Crippen LogP contribution in [0.2, 0.25) is 0 Å². The highest BCUT2D eigenvalue weighted by Gasteiger charge is 2.13. The number of rotatable bonds is 1. The lowest BCUT2D eigenvalue weighted by Crippen LogP contribution is -1.92. The predicted molar refractivity (Wildman–Crippen MR) is 79.5 cm³/mol. The minimum atomic E-state index is 0.600. The standard InChI is InChI=1S/C17H12N2O/c1-11-15(12-7-3-2-4-8-12)19-16-13-9-5-6-10-14(13)20-17(16)18-11/h2-10H,1H3. The molecule has 0 aliphatic rings. The smallest absolute Gasteiger partial charge is 0.246 e. The van der Waals surface area contributed by atoms with Crippen molar-refractivity contribution in [2.24, 2.45) is 0 Å². The van der Waals surface area contributed by atoms with Crippen LogP contribution in [0.15, 0.2) is 59.0 Å². The van der Waals surface area contributed by atoms with Crippen LogP contribution in [0.1, 0.15) is 5.69 Å². The number of para-hydroxylation sites is 1. The third-order valence-corrected chi connectivity index (χ3v) is 3.43. The van der Waals surface area contributed by atoms with Crippen LogP contribution in [0.3, 0.4) is 0 Å². The number of furan rings is 1. The molecule has 0 aliphatic carbocycles. The maximum Gasteiger partial charge on any atom is 0.246 e. The maximum atomic E-state index is 5.75. The Labute approximate surface area is 115 Å². The molecule has 0 spiro atoms. The molecule has 20 heavy (non-hydrogen) atoms. The highest BCUT2D eigenvalue weighted by Crippen LogP contribution is 2.29. The molecule has 0 N–H and O–H groups in total. The van der Waals surface area contributed by atoms with Gasteiger partial charge in [-0.05, 0) is 19.1 Å². The van der Waals surface area contributed by atoms with Gasteiger partial charge in [0.15, 0.2) is 0 Å². The van der Waals surface area contributed by atoms with Crippen molar-refractivity contribution in [1.29, 1.82) is 0 Å². The first-order valence-corrected chi connectivity index (χ1v) is 6.54. The third-order valence-electron chi connectivity index (χ3n) is 3.43. The van der Waals surface area contributed by atoms with Crippen molar-refractivity contribution in [1.82, 2.24) is 9.97 Å². The first-order valence-electron chi connectivity index (χ1n) is 6.54. The average molecular weight is 260 g/mol. The lowest BCUT2D eigenvalue weighted by atomic mass is 10.1. The number of nitrogens with zero attached hydrogens (tertiary/aromatic N) is 2. The molecule has 0 aliphatic heterocycles. The quantitative estimate of drug-likeness (QED) is 0.510. The first-order chi connectivity index (χ1) is 9.83. The summed E-state index contributed by atoms with van der Waals surface area (Å²) in [5, 5.41) is 1.01. The molecule has 3 nitrogen and oxygen atoms in total. The van der Waals surface area contributed by atoms with Gasteiger partial charge in [-0.15, -0.1) is 0 Å². The summed E-state index contributed by atoms with van der Waals surface area (Å²) in [4.78, 5) is 9.34. The van der Waals surface area contributed by atoms with Gasteiger partial charge in [0.25, 0.3) is 0 Å². The number of hydrogen-bond acceptors (Lipinski definition) is 3. The van der Waals surface area contributed by atoms with E-state index < -0.39 is 0 Å². The molecule has 0 saturated heterocycles. The largest absolute Gasteiger partial charge is 0.436 e. The molecule has 2 aromatic carbocycles. The van der Waals surface area contributed by atoms with Crippen LogP contribution in [0.4, 0.5) is 0 Å². The summed E-state index contributed by atoms with van der Waals surface area (Å²) < 4.78 is 5.75. The second kappa shape index (κ2) is 4.17. The van der Waals surface area contributed by atoms with E-state index in [1.165, 1.54) is 0 Å². The molecular weight excluding hydrogens is 248 g/mol. The Morgan fingerprint density at radius 2 is 1.60 bits per heavy atom. The van der Waals surface area contributed by atoms with E-state index in [0.717, 1.165) is 33.4 Å². The van der Waals surface area contributed by atoms with E-state index >= 15 is 0 Å². The molecule has 2 aromatic heterocycles. The summed E-state index contributed by atoms with van der Waals surface area (Å²) in [6.07, 6.45) is 0. The topological polar surface area (TPSA) is 38.9 Å². The number of aryl methyl sites for hydroxylation is 1. The van der Waals surface area contributed by atoms with E-state index in [1.54, 1.807) is 0 Å². The number of aromatic nitrogens is 2. The summed E-state index contributed by atoms with van der Waals surface area (Å²) in [7, 11) is 0. The summed E-state index contributed by atoms with van der Waals surface area (Å²) in [5.74, 6) is 0. The van der Waals surface area contributed by atoms with Crippen molar-refractivity contribution in [3.63, 3.8) is 0 Å². The molecule has 0 unspecified atom stereocenters. The Kier molecular flexibility index (Phi) is 2.33. The predicted octanol–water partition coefficient (Wildman–Crippen LogP) is 4.35. The van der Waals surface area contributed by atoms with Gasteiger partial charge >= 0.3 is 0 Å². The van der Waals surface area contributed by atoms with Crippen molar-refractivity contribution in [3.05, 3.63) is 60.3 Å². The Hall–Kier alpha value is -2.68. The highest BCUT2D eigenvalue weighted by molar-refractivity contribution is 6.01. The van der Waals surface area contributed by atoms with Crippen LogP contribution in [0.5, 0.6) is 0 Å². The van der Waals surface area contributed by atoms with E-state index in [1.807, 2.05) is 61.5 Å². The van der Waals surface area contributed by atoms with E-state index in [9.17, 15) is 0 Å². The lowest BCUT2D eigenvalue weighted by Gasteiger charge is -2.03. The Morgan fingerprint density at radius 1 is 0.850 bits per heavy atom. The average Bonchev–Trinajstić information content (AvgIpc) is 2.84. The van der Waals surface area contributed by atoms with E-state index in [4.69, 9.17) is 9.40 Å². The lowest BCUT2D eigenvalue weighted by molar-refractivity contribution is 0.651. The monoisotopic (exact) mass is 260 g/mol. The first kappa shape index (κ1) is 11.2. The van der Waals surface area contributed by atoms with Crippen LogP contribution in [0.25, 0.3) is 33.5 Å². The molecule has 2 heterocycles. The van der Waals surface area contributed by atoms with Crippen molar-refractivity contribution in [3.8, 4) is 11.3 Å². The van der Waals surface area contributed by atoms with Crippen molar-refractivity contribution in [2.45, 2.75) is 6.92 Å². The van der Waals surface area contributed by atoms with Crippen LogP contribution < -0.4 is 0 Å². The van der Waals surface area contributed by atoms with Gasteiger partial charge in [0, 0.05) is 10.9 Å².